The number of nitrogens with zero attached hydrogens (tertiary/aromatic N) is 3. The van der Waals surface area contributed by atoms with Crippen molar-refractivity contribution in [3.05, 3.63) is 47.9 Å². The van der Waals surface area contributed by atoms with E-state index < -0.39 is 17.2 Å². The van der Waals surface area contributed by atoms with E-state index in [-0.39, 0.29) is 24.0 Å². The molecule has 33 heavy (non-hydrogen) atoms. The predicted octanol–water partition coefficient (Wildman–Crippen LogP) is 4.56. The molecule has 6 nitrogen and oxygen atoms in total. The van der Waals surface area contributed by atoms with E-state index in [4.69, 9.17) is 4.42 Å². The normalized spacial score (nSPS) is 20.8. The second kappa shape index (κ2) is 8.11. The fraction of sp³-hybridized carbons (Fsp3) is 0.500. The lowest BCUT2D eigenvalue weighted by molar-refractivity contribution is -0.137. The van der Waals surface area contributed by atoms with Crippen molar-refractivity contribution in [3.63, 3.8) is 0 Å². The first-order valence-electron chi connectivity index (χ1n) is 11.4. The number of halogens is 3. The minimum atomic E-state index is -4.55. The van der Waals surface area contributed by atoms with Gasteiger partial charge in [0.15, 0.2) is 0 Å². The number of carbonyl (C=O) groups is 2. The van der Waals surface area contributed by atoms with E-state index in [1.54, 1.807) is 17.0 Å². The molecule has 3 aliphatic heterocycles. The summed E-state index contributed by atoms with van der Waals surface area (Å²) in [7, 11) is 0. The van der Waals surface area contributed by atoms with Gasteiger partial charge in [-0.05, 0) is 56.4 Å². The lowest BCUT2D eigenvalue weighted by Gasteiger charge is -2.38. The molecule has 2 amide bonds. The summed E-state index contributed by atoms with van der Waals surface area (Å²) >= 11 is 0. The first kappa shape index (κ1) is 21.9. The summed E-state index contributed by atoms with van der Waals surface area (Å²) in [5, 5.41) is 0. The maximum absolute atomic E-state index is 14.0. The number of benzene rings is 1. The minimum Gasteiger partial charge on any atom is -0.472 e. The van der Waals surface area contributed by atoms with Gasteiger partial charge < -0.3 is 19.1 Å². The number of furan rings is 1. The SMILES string of the molecule is O=C(c1ccoc1)N1CCC2(CC1)CCN(c1ccc(N3CCCC3)cc1C(F)(F)F)C2=O. The van der Waals surface area contributed by atoms with Crippen molar-refractivity contribution in [2.24, 2.45) is 5.41 Å². The Kier molecular flexibility index (Phi) is 5.37. The highest BCUT2D eigenvalue weighted by Crippen LogP contribution is 2.47. The number of likely N-dealkylation sites (tertiary alicyclic amines) is 1. The van der Waals surface area contributed by atoms with E-state index in [1.807, 2.05) is 4.90 Å². The van der Waals surface area contributed by atoms with Crippen molar-refractivity contribution in [2.75, 3.05) is 42.5 Å². The van der Waals surface area contributed by atoms with Gasteiger partial charge in [-0.3, -0.25) is 9.59 Å². The summed E-state index contributed by atoms with van der Waals surface area (Å²) in [6.07, 6.45) is 1.58. The van der Waals surface area contributed by atoms with Gasteiger partial charge >= 0.3 is 6.18 Å². The predicted molar refractivity (Wildman–Crippen MR) is 116 cm³/mol. The molecule has 3 fully saturated rings. The first-order valence-corrected chi connectivity index (χ1v) is 11.4. The van der Waals surface area contributed by atoms with Crippen molar-refractivity contribution < 1.29 is 27.2 Å². The summed E-state index contributed by atoms with van der Waals surface area (Å²) < 4.78 is 47.0. The molecule has 4 heterocycles. The fourth-order valence-corrected chi connectivity index (χ4v) is 5.38. The van der Waals surface area contributed by atoms with Gasteiger partial charge in [-0.1, -0.05) is 0 Å². The molecule has 1 spiro atoms. The van der Waals surface area contributed by atoms with Crippen LogP contribution in [0.2, 0.25) is 0 Å². The van der Waals surface area contributed by atoms with Crippen molar-refractivity contribution in [2.45, 2.75) is 38.3 Å². The number of carbonyl (C=O) groups excluding carboxylic acids is 2. The quantitative estimate of drug-likeness (QED) is 0.673. The van der Waals surface area contributed by atoms with Crippen molar-refractivity contribution >= 4 is 23.2 Å². The van der Waals surface area contributed by atoms with Gasteiger partial charge in [0.1, 0.15) is 6.26 Å². The highest BCUT2D eigenvalue weighted by Gasteiger charge is 2.50. The topological polar surface area (TPSA) is 57.0 Å². The first-order chi connectivity index (χ1) is 15.8. The third kappa shape index (κ3) is 3.87. The third-order valence-corrected chi connectivity index (χ3v) is 7.34. The molecular formula is C24H26F3N3O3. The van der Waals surface area contributed by atoms with Gasteiger partial charge in [-0.25, -0.2) is 0 Å². The number of rotatable bonds is 3. The third-order valence-electron chi connectivity index (χ3n) is 7.34. The Labute approximate surface area is 189 Å². The second-order valence-electron chi connectivity index (χ2n) is 9.18. The Balaban J connectivity index is 1.35. The van der Waals surface area contributed by atoms with E-state index in [9.17, 15) is 22.8 Å². The van der Waals surface area contributed by atoms with Crippen LogP contribution in [0.5, 0.6) is 0 Å². The minimum absolute atomic E-state index is 0.0655. The molecule has 1 aromatic carbocycles. The number of hydrogen-bond donors (Lipinski definition) is 0. The van der Waals surface area contributed by atoms with Crippen molar-refractivity contribution in [1.82, 2.24) is 4.90 Å². The Hall–Kier alpha value is -2.97. The molecule has 0 radical (unpaired) electrons. The van der Waals surface area contributed by atoms with Crippen LogP contribution in [-0.4, -0.2) is 49.4 Å². The van der Waals surface area contributed by atoms with Crippen molar-refractivity contribution in [3.8, 4) is 0 Å². The number of anilines is 2. The number of piperidine rings is 1. The molecule has 0 unspecified atom stereocenters. The lowest BCUT2D eigenvalue weighted by atomic mass is 9.77. The monoisotopic (exact) mass is 461 g/mol. The average molecular weight is 461 g/mol. The van der Waals surface area contributed by atoms with E-state index >= 15 is 0 Å². The molecule has 9 heteroatoms. The van der Waals surface area contributed by atoms with Crippen LogP contribution < -0.4 is 9.80 Å². The fourth-order valence-electron chi connectivity index (χ4n) is 5.38. The van der Waals surface area contributed by atoms with Gasteiger partial charge in [-0.2, -0.15) is 13.2 Å². The van der Waals surface area contributed by atoms with E-state index in [0.29, 0.717) is 43.6 Å². The largest absolute Gasteiger partial charge is 0.472 e. The van der Waals surface area contributed by atoms with Crippen LogP contribution in [0, 0.1) is 5.41 Å². The molecule has 0 bridgehead atoms. The van der Waals surface area contributed by atoms with Crippen LogP contribution >= 0.6 is 0 Å². The summed E-state index contributed by atoms with van der Waals surface area (Å²) in [6.45, 7) is 2.53. The molecular weight excluding hydrogens is 435 g/mol. The molecule has 3 saturated heterocycles. The second-order valence-corrected chi connectivity index (χ2v) is 9.18. The van der Waals surface area contributed by atoms with Crippen molar-refractivity contribution in [1.29, 1.82) is 0 Å². The molecule has 0 saturated carbocycles. The zero-order valence-electron chi connectivity index (χ0n) is 18.2. The molecule has 3 aliphatic rings. The maximum Gasteiger partial charge on any atom is 0.418 e. The Morgan fingerprint density at radius 1 is 0.970 bits per heavy atom. The van der Waals surface area contributed by atoms with E-state index in [2.05, 4.69) is 0 Å². The van der Waals surface area contributed by atoms with E-state index in [0.717, 1.165) is 25.9 Å². The van der Waals surface area contributed by atoms with Crippen LogP contribution in [0.25, 0.3) is 0 Å². The molecule has 0 aliphatic carbocycles. The van der Waals surface area contributed by atoms with Gasteiger partial charge in [0.05, 0.1) is 28.5 Å². The zero-order valence-corrected chi connectivity index (χ0v) is 18.2. The highest BCUT2D eigenvalue weighted by atomic mass is 19.4. The van der Waals surface area contributed by atoms with Crippen LogP contribution in [0.4, 0.5) is 24.5 Å². The van der Waals surface area contributed by atoms with E-state index in [1.165, 1.54) is 29.6 Å². The Bertz CT molecular complexity index is 1040. The molecule has 0 atom stereocenters. The zero-order chi connectivity index (χ0) is 23.2. The summed E-state index contributed by atoms with van der Waals surface area (Å²) in [5.41, 5.74) is -0.535. The summed E-state index contributed by atoms with van der Waals surface area (Å²) in [6, 6.07) is 5.93. The number of amides is 2. The molecule has 1 aromatic heterocycles. The van der Waals surface area contributed by atoms with Crippen LogP contribution in [0.1, 0.15) is 48.0 Å². The lowest BCUT2D eigenvalue weighted by Crippen LogP contribution is -2.46. The number of hydrogen-bond acceptors (Lipinski definition) is 4. The maximum atomic E-state index is 14.0. The molecule has 5 rings (SSSR count). The van der Waals surface area contributed by atoms with Gasteiger partial charge in [0, 0.05) is 38.4 Å². The van der Waals surface area contributed by atoms with Gasteiger partial charge in [-0.15, -0.1) is 0 Å². The molecule has 2 aromatic rings. The number of alkyl halides is 3. The molecule has 0 N–H and O–H groups in total. The van der Waals surface area contributed by atoms with Crippen LogP contribution in [0.3, 0.4) is 0 Å². The smallest absolute Gasteiger partial charge is 0.418 e. The summed E-state index contributed by atoms with van der Waals surface area (Å²) in [4.78, 5) is 31.0. The van der Waals surface area contributed by atoms with Crippen LogP contribution in [0.15, 0.2) is 41.2 Å². The van der Waals surface area contributed by atoms with Gasteiger partial charge in [0.25, 0.3) is 5.91 Å². The standard InChI is InChI=1S/C24H26F3N3O3/c25-24(26,27)19-15-18(28-9-1-2-10-28)3-4-20(19)30-13-8-23(22(30)32)6-11-29(12-7-23)21(31)17-5-14-33-16-17/h3-5,14-16H,1-2,6-13H2. The summed E-state index contributed by atoms with van der Waals surface area (Å²) in [5.74, 6) is -0.421. The Morgan fingerprint density at radius 2 is 1.67 bits per heavy atom. The Morgan fingerprint density at radius 3 is 2.30 bits per heavy atom. The van der Waals surface area contributed by atoms with Gasteiger partial charge in [0.2, 0.25) is 5.91 Å². The van der Waals surface area contributed by atoms with Crippen LogP contribution in [-0.2, 0) is 11.0 Å². The molecule has 176 valence electrons. The average Bonchev–Trinajstić information content (AvgIpc) is 3.57. The highest BCUT2D eigenvalue weighted by molar-refractivity contribution is 6.01.